The van der Waals surface area contributed by atoms with E-state index < -0.39 is 5.91 Å². The number of aromatic nitrogens is 1. The summed E-state index contributed by atoms with van der Waals surface area (Å²) in [4.78, 5) is 25.6. The van der Waals surface area contributed by atoms with Crippen molar-refractivity contribution in [3.05, 3.63) is 41.8 Å². The molecule has 2 aromatic rings. The molecule has 1 N–H and O–H groups in total. The molecule has 0 bridgehead atoms. The monoisotopic (exact) mass is 333 g/mol. The number of nitrogens with one attached hydrogen (secondary N) is 1. The van der Waals surface area contributed by atoms with E-state index in [0.717, 1.165) is 0 Å². The lowest BCUT2D eigenvalue weighted by Crippen LogP contribution is -2.34. The van der Waals surface area contributed by atoms with Crippen LogP contribution in [0.1, 0.15) is 30.8 Å². The summed E-state index contributed by atoms with van der Waals surface area (Å²) in [5.41, 5.74) is 0.740. The van der Waals surface area contributed by atoms with Gasteiger partial charge in [-0.1, -0.05) is 5.16 Å². The smallest absolute Gasteiger partial charge is 0.273 e. The standard InChI is InChI=1S/C17H20FN3O3/c1-3-21(4-2)16(22)9-10-19-17(23)14-11-15(24-20-14)12-5-7-13(18)8-6-12/h5-8,11H,3-4,9-10H2,1-2H3,(H,19,23). The number of hydrogen-bond acceptors (Lipinski definition) is 4. The van der Waals surface area contributed by atoms with E-state index in [9.17, 15) is 14.0 Å². The van der Waals surface area contributed by atoms with Crippen LogP contribution < -0.4 is 5.32 Å². The molecular weight excluding hydrogens is 313 g/mol. The van der Waals surface area contributed by atoms with E-state index in [1.807, 2.05) is 13.8 Å². The molecule has 0 radical (unpaired) electrons. The molecule has 0 atom stereocenters. The third-order valence-corrected chi connectivity index (χ3v) is 3.61. The van der Waals surface area contributed by atoms with Crippen molar-refractivity contribution in [2.75, 3.05) is 19.6 Å². The quantitative estimate of drug-likeness (QED) is 0.844. The number of halogens is 1. The third kappa shape index (κ3) is 4.41. The summed E-state index contributed by atoms with van der Waals surface area (Å²) in [7, 11) is 0. The van der Waals surface area contributed by atoms with Crippen LogP contribution in [0.3, 0.4) is 0 Å². The molecule has 0 saturated carbocycles. The molecule has 1 aromatic carbocycles. The Morgan fingerprint density at radius 2 is 1.88 bits per heavy atom. The van der Waals surface area contributed by atoms with Crippen LogP contribution in [-0.2, 0) is 4.79 Å². The fourth-order valence-corrected chi connectivity index (χ4v) is 2.24. The van der Waals surface area contributed by atoms with Crippen LogP contribution in [0.15, 0.2) is 34.9 Å². The minimum atomic E-state index is -0.417. The van der Waals surface area contributed by atoms with E-state index in [1.165, 1.54) is 18.2 Å². The lowest BCUT2D eigenvalue weighted by atomic mass is 10.1. The Balaban J connectivity index is 1.89. The van der Waals surface area contributed by atoms with Gasteiger partial charge in [0, 0.05) is 37.7 Å². The first-order valence-electron chi connectivity index (χ1n) is 7.83. The lowest BCUT2D eigenvalue weighted by molar-refractivity contribution is -0.130. The molecule has 24 heavy (non-hydrogen) atoms. The number of hydrogen-bond donors (Lipinski definition) is 1. The summed E-state index contributed by atoms with van der Waals surface area (Å²) in [5, 5.41) is 6.34. The minimum absolute atomic E-state index is 0.00699. The van der Waals surface area contributed by atoms with E-state index in [0.29, 0.717) is 24.4 Å². The van der Waals surface area contributed by atoms with Crippen molar-refractivity contribution < 1.29 is 18.5 Å². The van der Waals surface area contributed by atoms with Gasteiger partial charge in [-0.15, -0.1) is 0 Å². The Kier molecular flexibility index (Phi) is 6.06. The summed E-state index contributed by atoms with van der Waals surface area (Å²) < 4.78 is 18.0. The van der Waals surface area contributed by atoms with Gasteiger partial charge in [-0.05, 0) is 38.1 Å². The molecule has 128 valence electrons. The number of carbonyl (C=O) groups excluding carboxylic acids is 2. The van der Waals surface area contributed by atoms with Crippen LogP contribution in [0, 0.1) is 5.82 Å². The fraction of sp³-hybridized carbons (Fsp3) is 0.353. The number of benzene rings is 1. The van der Waals surface area contributed by atoms with E-state index >= 15 is 0 Å². The summed E-state index contributed by atoms with van der Waals surface area (Å²) >= 11 is 0. The summed E-state index contributed by atoms with van der Waals surface area (Å²) in [6.07, 6.45) is 0.232. The van der Waals surface area contributed by atoms with E-state index in [1.54, 1.807) is 17.0 Å². The largest absolute Gasteiger partial charge is 0.355 e. The Morgan fingerprint density at radius 1 is 1.21 bits per heavy atom. The SMILES string of the molecule is CCN(CC)C(=O)CCNC(=O)c1cc(-c2ccc(F)cc2)on1. The van der Waals surface area contributed by atoms with Crippen molar-refractivity contribution in [2.24, 2.45) is 0 Å². The van der Waals surface area contributed by atoms with Crippen LogP contribution in [0.5, 0.6) is 0 Å². The van der Waals surface area contributed by atoms with Crippen LogP contribution in [0.4, 0.5) is 4.39 Å². The van der Waals surface area contributed by atoms with Gasteiger partial charge < -0.3 is 14.7 Å². The predicted molar refractivity (Wildman–Crippen MR) is 86.8 cm³/mol. The Hall–Kier alpha value is -2.70. The number of rotatable bonds is 7. The highest BCUT2D eigenvalue weighted by Crippen LogP contribution is 2.20. The second-order valence-corrected chi connectivity index (χ2v) is 5.16. The zero-order valence-corrected chi connectivity index (χ0v) is 13.7. The highest BCUT2D eigenvalue weighted by atomic mass is 19.1. The molecule has 0 spiro atoms. The first-order valence-corrected chi connectivity index (χ1v) is 7.83. The molecular formula is C17H20FN3O3. The molecule has 2 amide bonds. The Labute approximate surface area is 139 Å². The van der Waals surface area contributed by atoms with Crippen molar-refractivity contribution >= 4 is 11.8 Å². The molecule has 7 heteroatoms. The highest BCUT2D eigenvalue weighted by Gasteiger charge is 2.15. The second kappa shape index (κ2) is 8.24. The van der Waals surface area contributed by atoms with Crippen LogP contribution >= 0.6 is 0 Å². The molecule has 0 aliphatic rings. The predicted octanol–water partition coefficient (Wildman–Crippen LogP) is 2.47. The summed E-state index contributed by atoms with van der Waals surface area (Å²) in [6.45, 7) is 5.34. The van der Waals surface area contributed by atoms with Crippen molar-refractivity contribution in [1.29, 1.82) is 0 Å². The molecule has 0 aliphatic heterocycles. The molecule has 0 saturated heterocycles. The zero-order chi connectivity index (χ0) is 17.5. The molecule has 0 unspecified atom stereocenters. The van der Waals surface area contributed by atoms with Crippen LogP contribution in [0.25, 0.3) is 11.3 Å². The topological polar surface area (TPSA) is 75.4 Å². The van der Waals surface area contributed by atoms with Gasteiger partial charge in [0.2, 0.25) is 5.91 Å². The van der Waals surface area contributed by atoms with Gasteiger partial charge in [-0.3, -0.25) is 9.59 Å². The van der Waals surface area contributed by atoms with Crippen molar-refractivity contribution in [3.8, 4) is 11.3 Å². The number of amides is 2. The summed E-state index contributed by atoms with van der Waals surface area (Å²) in [6, 6.07) is 7.17. The van der Waals surface area contributed by atoms with Gasteiger partial charge in [-0.25, -0.2) is 4.39 Å². The molecule has 1 heterocycles. The van der Waals surface area contributed by atoms with Gasteiger partial charge in [0.05, 0.1) is 0 Å². The minimum Gasteiger partial charge on any atom is -0.355 e. The Morgan fingerprint density at radius 3 is 2.50 bits per heavy atom. The van der Waals surface area contributed by atoms with Gasteiger partial charge in [0.25, 0.3) is 5.91 Å². The molecule has 0 aliphatic carbocycles. The van der Waals surface area contributed by atoms with Crippen LogP contribution in [-0.4, -0.2) is 41.5 Å². The molecule has 0 fully saturated rings. The van der Waals surface area contributed by atoms with Gasteiger partial charge in [-0.2, -0.15) is 0 Å². The summed E-state index contributed by atoms with van der Waals surface area (Å²) in [5.74, 6) is -0.402. The van der Waals surface area contributed by atoms with E-state index in [-0.39, 0.29) is 30.4 Å². The normalized spacial score (nSPS) is 10.5. The van der Waals surface area contributed by atoms with Gasteiger partial charge in [0.15, 0.2) is 11.5 Å². The molecule has 2 rings (SSSR count). The van der Waals surface area contributed by atoms with E-state index in [2.05, 4.69) is 10.5 Å². The molecule has 6 nitrogen and oxygen atoms in total. The van der Waals surface area contributed by atoms with E-state index in [4.69, 9.17) is 4.52 Å². The first kappa shape index (κ1) is 17.7. The number of nitrogens with zero attached hydrogens (tertiary/aromatic N) is 2. The third-order valence-electron chi connectivity index (χ3n) is 3.61. The molecule has 1 aromatic heterocycles. The average Bonchev–Trinajstić information content (AvgIpc) is 3.06. The highest BCUT2D eigenvalue weighted by molar-refractivity contribution is 5.93. The van der Waals surface area contributed by atoms with Crippen molar-refractivity contribution in [2.45, 2.75) is 20.3 Å². The van der Waals surface area contributed by atoms with Crippen LogP contribution in [0.2, 0.25) is 0 Å². The van der Waals surface area contributed by atoms with Gasteiger partial charge in [0.1, 0.15) is 5.82 Å². The zero-order valence-electron chi connectivity index (χ0n) is 13.7. The average molecular weight is 333 g/mol. The number of carbonyl (C=O) groups is 2. The first-order chi connectivity index (χ1) is 11.5. The fourth-order valence-electron chi connectivity index (χ4n) is 2.24. The maximum Gasteiger partial charge on any atom is 0.273 e. The maximum absolute atomic E-state index is 12.9. The van der Waals surface area contributed by atoms with Crippen molar-refractivity contribution in [3.63, 3.8) is 0 Å². The lowest BCUT2D eigenvalue weighted by Gasteiger charge is -2.18. The second-order valence-electron chi connectivity index (χ2n) is 5.16. The Bertz CT molecular complexity index is 693. The van der Waals surface area contributed by atoms with Crippen molar-refractivity contribution in [1.82, 2.24) is 15.4 Å². The maximum atomic E-state index is 12.9. The van der Waals surface area contributed by atoms with Gasteiger partial charge >= 0.3 is 0 Å².